The molecule has 1 unspecified atom stereocenters. The van der Waals surface area contributed by atoms with Gasteiger partial charge in [-0.15, -0.1) is 0 Å². The molecule has 0 fully saturated rings. The van der Waals surface area contributed by atoms with Gasteiger partial charge in [-0.2, -0.15) is 0 Å². The summed E-state index contributed by atoms with van der Waals surface area (Å²) in [5.74, 6) is -0.618. The van der Waals surface area contributed by atoms with Crippen LogP contribution in [-0.4, -0.2) is 36.4 Å². The van der Waals surface area contributed by atoms with E-state index in [1.807, 2.05) is 0 Å². The van der Waals surface area contributed by atoms with Gasteiger partial charge in [0.15, 0.2) is 6.10 Å². The van der Waals surface area contributed by atoms with Crippen LogP contribution >= 0.6 is 0 Å². The first-order chi connectivity index (χ1) is 14.1. The van der Waals surface area contributed by atoms with Crippen LogP contribution in [0.15, 0.2) is 0 Å². The highest BCUT2D eigenvalue weighted by atomic mass is 16.6. The standard InChI is InChI=1S/C24H46O5/c1-3-5-7-8-9-10-11-12-13-14-15-17-19-24(27)29-22(20-25)21-28-23(26)18-16-6-4-2/h22,25H,3-21H2,1-2H3. The summed E-state index contributed by atoms with van der Waals surface area (Å²) in [6.45, 7) is 3.93. The minimum atomic E-state index is -0.755. The second kappa shape index (κ2) is 21.6. The van der Waals surface area contributed by atoms with Crippen LogP contribution in [0.25, 0.3) is 0 Å². The molecule has 0 saturated heterocycles. The summed E-state index contributed by atoms with van der Waals surface area (Å²) in [5, 5.41) is 9.31. The average Bonchev–Trinajstić information content (AvgIpc) is 2.72. The molecule has 5 heteroatoms. The Morgan fingerprint density at radius 1 is 0.655 bits per heavy atom. The van der Waals surface area contributed by atoms with E-state index >= 15 is 0 Å². The smallest absolute Gasteiger partial charge is 0.306 e. The highest BCUT2D eigenvalue weighted by Crippen LogP contribution is 2.13. The Kier molecular flexibility index (Phi) is 20.8. The van der Waals surface area contributed by atoms with Crippen LogP contribution in [-0.2, 0) is 19.1 Å². The normalized spacial score (nSPS) is 12.0. The summed E-state index contributed by atoms with van der Waals surface area (Å²) in [6, 6.07) is 0. The van der Waals surface area contributed by atoms with Gasteiger partial charge >= 0.3 is 11.9 Å². The molecule has 5 nitrogen and oxygen atoms in total. The van der Waals surface area contributed by atoms with Gasteiger partial charge in [-0.3, -0.25) is 9.59 Å². The van der Waals surface area contributed by atoms with E-state index in [2.05, 4.69) is 13.8 Å². The van der Waals surface area contributed by atoms with E-state index in [1.165, 1.54) is 57.8 Å². The third-order valence-electron chi connectivity index (χ3n) is 5.15. The second-order valence-corrected chi connectivity index (χ2v) is 8.07. The summed E-state index contributed by atoms with van der Waals surface area (Å²) in [5.41, 5.74) is 0. The number of aliphatic hydroxyl groups excluding tert-OH is 1. The lowest BCUT2D eigenvalue weighted by Gasteiger charge is -2.15. The predicted molar refractivity (Wildman–Crippen MR) is 118 cm³/mol. The summed E-state index contributed by atoms with van der Waals surface area (Å²) in [4.78, 5) is 23.5. The van der Waals surface area contributed by atoms with Crippen LogP contribution in [0.4, 0.5) is 0 Å². The molecule has 1 N–H and O–H groups in total. The van der Waals surface area contributed by atoms with E-state index in [1.54, 1.807) is 0 Å². The number of aliphatic hydroxyl groups is 1. The summed E-state index contributed by atoms with van der Waals surface area (Å²) >= 11 is 0. The van der Waals surface area contributed by atoms with Crippen LogP contribution in [0, 0.1) is 0 Å². The number of esters is 2. The molecule has 0 amide bonds. The fourth-order valence-corrected chi connectivity index (χ4v) is 3.26. The lowest BCUT2D eigenvalue weighted by molar-refractivity contribution is -0.161. The Hall–Kier alpha value is -1.10. The lowest BCUT2D eigenvalue weighted by Crippen LogP contribution is -2.28. The Bertz CT molecular complexity index is 383. The van der Waals surface area contributed by atoms with Gasteiger partial charge in [0.1, 0.15) is 6.61 Å². The van der Waals surface area contributed by atoms with E-state index < -0.39 is 6.10 Å². The Balaban J connectivity index is 3.55. The number of hydrogen-bond acceptors (Lipinski definition) is 5. The van der Waals surface area contributed by atoms with E-state index in [0.717, 1.165) is 38.5 Å². The van der Waals surface area contributed by atoms with Gasteiger partial charge in [0.2, 0.25) is 0 Å². The third-order valence-corrected chi connectivity index (χ3v) is 5.15. The van der Waals surface area contributed by atoms with Gasteiger partial charge in [0, 0.05) is 12.8 Å². The maximum atomic E-state index is 11.9. The SMILES string of the molecule is CCCCCCCCCCCCCCC(=O)OC(CO)COC(=O)CCCCC. The molecule has 0 heterocycles. The van der Waals surface area contributed by atoms with Crippen LogP contribution in [0.3, 0.4) is 0 Å². The van der Waals surface area contributed by atoms with Crippen molar-refractivity contribution in [2.75, 3.05) is 13.2 Å². The lowest BCUT2D eigenvalue weighted by atomic mass is 10.0. The third kappa shape index (κ3) is 20.0. The van der Waals surface area contributed by atoms with Gasteiger partial charge in [0.05, 0.1) is 6.61 Å². The molecule has 1 atom stereocenters. The van der Waals surface area contributed by atoms with Crippen LogP contribution in [0.5, 0.6) is 0 Å². The molecule has 0 aliphatic rings. The maximum absolute atomic E-state index is 11.9. The molecule has 0 aliphatic heterocycles. The maximum Gasteiger partial charge on any atom is 0.306 e. The molecule has 0 aromatic carbocycles. The van der Waals surface area contributed by atoms with E-state index in [9.17, 15) is 14.7 Å². The van der Waals surface area contributed by atoms with E-state index in [4.69, 9.17) is 9.47 Å². The van der Waals surface area contributed by atoms with Crippen LogP contribution in [0.1, 0.15) is 123 Å². The minimum absolute atomic E-state index is 0.0638. The zero-order valence-electron chi connectivity index (χ0n) is 19.1. The van der Waals surface area contributed by atoms with Gasteiger partial charge in [0.25, 0.3) is 0 Å². The molecule has 0 bridgehead atoms. The first-order valence-electron chi connectivity index (χ1n) is 12.1. The first-order valence-corrected chi connectivity index (χ1v) is 12.1. The number of hydrogen-bond donors (Lipinski definition) is 1. The van der Waals surface area contributed by atoms with Crippen molar-refractivity contribution in [3.63, 3.8) is 0 Å². The molecule has 0 aromatic heterocycles. The van der Waals surface area contributed by atoms with Gasteiger partial charge < -0.3 is 14.6 Å². The summed E-state index contributed by atoms with van der Waals surface area (Å²) in [6.07, 6.45) is 17.8. The van der Waals surface area contributed by atoms with Crippen molar-refractivity contribution in [1.29, 1.82) is 0 Å². The zero-order chi connectivity index (χ0) is 21.6. The Labute approximate surface area is 178 Å². The molecule has 172 valence electrons. The molecular formula is C24H46O5. The average molecular weight is 415 g/mol. The van der Waals surface area contributed by atoms with Gasteiger partial charge in [-0.05, 0) is 12.8 Å². The van der Waals surface area contributed by atoms with Gasteiger partial charge in [-0.1, -0.05) is 97.3 Å². The van der Waals surface area contributed by atoms with Crippen molar-refractivity contribution in [3.8, 4) is 0 Å². The molecule has 0 aromatic rings. The van der Waals surface area contributed by atoms with Crippen molar-refractivity contribution in [2.45, 2.75) is 129 Å². The number of ether oxygens (including phenoxy) is 2. The highest BCUT2D eigenvalue weighted by Gasteiger charge is 2.15. The highest BCUT2D eigenvalue weighted by molar-refractivity contribution is 5.70. The second-order valence-electron chi connectivity index (χ2n) is 8.07. The zero-order valence-corrected chi connectivity index (χ0v) is 19.1. The Morgan fingerprint density at radius 3 is 1.59 bits per heavy atom. The molecular weight excluding hydrogens is 368 g/mol. The topological polar surface area (TPSA) is 72.8 Å². The number of carbonyl (C=O) groups excluding carboxylic acids is 2. The predicted octanol–water partition coefficient (Wildman–Crippen LogP) is 6.11. The fourth-order valence-electron chi connectivity index (χ4n) is 3.26. The molecule has 0 radical (unpaired) electrons. The molecule has 0 spiro atoms. The van der Waals surface area contributed by atoms with Crippen LogP contribution in [0.2, 0.25) is 0 Å². The summed E-state index contributed by atoms with van der Waals surface area (Å²) < 4.78 is 10.3. The number of carbonyl (C=O) groups is 2. The molecule has 0 aliphatic carbocycles. The van der Waals surface area contributed by atoms with Crippen molar-refractivity contribution < 1.29 is 24.2 Å². The van der Waals surface area contributed by atoms with Crippen molar-refractivity contribution in [2.24, 2.45) is 0 Å². The largest absolute Gasteiger partial charge is 0.462 e. The molecule has 29 heavy (non-hydrogen) atoms. The quantitative estimate of drug-likeness (QED) is 0.181. The first kappa shape index (κ1) is 27.9. The van der Waals surface area contributed by atoms with Crippen molar-refractivity contribution in [1.82, 2.24) is 0 Å². The summed E-state index contributed by atoms with van der Waals surface area (Å²) in [7, 11) is 0. The monoisotopic (exact) mass is 414 g/mol. The van der Waals surface area contributed by atoms with E-state index in [0.29, 0.717) is 12.8 Å². The Morgan fingerprint density at radius 2 is 1.07 bits per heavy atom. The fraction of sp³-hybridized carbons (Fsp3) is 0.917. The van der Waals surface area contributed by atoms with Crippen LogP contribution < -0.4 is 0 Å². The van der Waals surface area contributed by atoms with Crippen molar-refractivity contribution >= 4 is 11.9 Å². The number of rotatable bonds is 21. The van der Waals surface area contributed by atoms with Gasteiger partial charge in [-0.25, -0.2) is 0 Å². The molecule has 0 saturated carbocycles. The molecule has 0 rings (SSSR count). The minimum Gasteiger partial charge on any atom is -0.462 e. The van der Waals surface area contributed by atoms with Crippen molar-refractivity contribution in [3.05, 3.63) is 0 Å². The van der Waals surface area contributed by atoms with E-state index in [-0.39, 0.29) is 25.2 Å². The number of unbranched alkanes of at least 4 members (excludes halogenated alkanes) is 13.